The van der Waals surface area contributed by atoms with E-state index in [1.54, 1.807) is 6.07 Å². The largest absolute Gasteiger partial charge is 0.486 e. The molecule has 0 fully saturated rings. The molecule has 0 saturated carbocycles. The van der Waals surface area contributed by atoms with Gasteiger partial charge in [0.15, 0.2) is 11.5 Å². The highest BCUT2D eigenvalue weighted by atomic mass is 32.2. The van der Waals surface area contributed by atoms with Gasteiger partial charge in [-0.1, -0.05) is 54.6 Å². The average molecular weight is 426 g/mol. The Labute approximate surface area is 176 Å². The van der Waals surface area contributed by atoms with E-state index in [1.165, 1.54) is 12.1 Å². The second-order valence-electron chi connectivity index (χ2n) is 6.88. The summed E-state index contributed by atoms with van der Waals surface area (Å²) in [4.78, 5) is 0.143. The smallest absolute Gasteiger partial charge is 0.241 e. The minimum absolute atomic E-state index is 0.143. The van der Waals surface area contributed by atoms with E-state index < -0.39 is 10.0 Å². The highest BCUT2D eigenvalue weighted by Gasteiger charge is 2.19. The van der Waals surface area contributed by atoms with Gasteiger partial charge in [0, 0.05) is 12.6 Å². The molecule has 1 heterocycles. The van der Waals surface area contributed by atoms with Crippen molar-refractivity contribution in [2.75, 3.05) is 13.2 Å². The zero-order valence-electron chi connectivity index (χ0n) is 16.4. The predicted molar refractivity (Wildman–Crippen MR) is 113 cm³/mol. The number of fused-ring (bicyclic) bond motifs is 1. The molecule has 156 valence electrons. The van der Waals surface area contributed by atoms with Gasteiger partial charge in [0.05, 0.1) is 18.1 Å². The highest BCUT2D eigenvalue weighted by molar-refractivity contribution is 7.89. The molecule has 0 spiro atoms. The van der Waals surface area contributed by atoms with Crippen LogP contribution in [0.3, 0.4) is 0 Å². The van der Waals surface area contributed by atoms with Crippen molar-refractivity contribution in [1.29, 1.82) is 0 Å². The quantitative estimate of drug-likeness (QED) is 0.596. The molecule has 3 aromatic carbocycles. The Hall–Kier alpha value is -2.87. The summed E-state index contributed by atoms with van der Waals surface area (Å²) in [6.45, 7) is 1.93. The fourth-order valence-corrected chi connectivity index (χ4v) is 4.19. The van der Waals surface area contributed by atoms with Gasteiger partial charge in [-0.2, -0.15) is 0 Å². The maximum Gasteiger partial charge on any atom is 0.241 e. The average Bonchev–Trinajstić information content (AvgIpc) is 2.79. The summed E-state index contributed by atoms with van der Waals surface area (Å²) in [5, 5.41) is 0. The summed E-state index contributed by atoms with van der Waals surface area (Å²) in [5.74, 6) is 1.000. The van der Waals surface area contributed by atoms with Gasteiger partial charge in [0.1, 0.15) is 13.2 Å². The van der Waals surface area contributed by atoms with Gasteiger partial charge >= 0.3 is 0 Å². The molecule has 0 aliphatic carbocycles. The Morgan fingerprint density at radius 1 is 0.800 bits per heavy atom. The molecule has 30 heavy (non-hydrogen) atoms. The van der Waals surface area contributed by atoms with Crippen LogP contribution in [0.1, 0.15) is 16.7 Å². The van der Waals surface area contributed by atoms with Crippen LogP contribution in [0, 0.1) is 0 Å². The van der Waals surface area contributed by atoms with Crippen molar-refractivity contribution in [3.63, 3.8) is 0 Å². The Morgan fingerprint density at radius 3 is 2.30 bits per heavy atom. The molecule has 0 unspecified atom stereocenters. The van der Waals surface area contributed by atoms with Crippen molar-refractivity contribution >= 4 is 10.0 Å². The zero-order valence-corrected chi connectivity index (χ0v) is 17.2. The van der Waals surface area contributed by atoms with Gasteiger partial charge in [0.2, 0.25) is 10.0 Å². The van der Waals surface area contributed by atoms with E-state index in [4.69, 9.17) is 14.2 Å². The summed E-state index contributed by atoms with van der Waals surface area (Å²) in [6.07, 6.45) is 0. The molecule has 3 aromatic rings. The summed E-state index contributed by atoms with van der Waals surface area (Å²) in [6, 6.07) is 22.2. The molecule has 0 atom stereocenters. The normalized spacial score (nSPS) is 13.2. The van der Waals surface area contributed by atoms with E-state index in [0.29, 0.717) is 37.9 Å². The van der Waals surface area contributed by atoms with E-state index in [0.717, 1.165) is 16.7 Å². The lowest BCUT2D eigenvalue weighted by molar-refractivity contribution is 0.106. The standard InChI is InChI=1S/C23H23NO5S/c25-30(26,21-10-11-22-23(14-21)29-13-12-28-22)24-15-19-8-4-5-9-20(19)17-27-16-18-6-2-1-3-7-18/h1-11,14,24H,12-13,15-17H2. The molecule has 6 nitrogen and oxygen atoms in total. The van der Waals surface area contributed by atoms with Gasteiger partial charge in [-0.05, 0) is 28.8 Å². The third kappa shape index (κ3) is 4.99. The fourth-order valence-electron chi connectivity index (χ4n) is 3.17. The van der Waals surface area contributed by atoms with Crippen molar-refractivity contribution < 1.29 is 22.6 Å². The molecule has 7 heteroatoms. The van der Waals surface area contributed by atoms with E-state index >= 15 is 0 Å². The minimum Gasteiger partial charge on any atom is -0.486 e. The zero-order chi connectivity index (χ0) is 20.8. The van der Waals surface area contributed by atoms with Crippen molar-refractivity contribution in [2.45, 2.75) is 24.7 Å². The Kier molecular flexibility index (Phi) is 6.32. The van der Waals surface area contributed by atoms with Crippen LogP contribution in [0.15, 0.2) is 77.7 Å². The van der Waals surface area contributed by atoms with Crippen molar-refractivity contribution in [1.82, 2.24) is 4.72 Å². The summed E-state index contributed by atoms with van der Waals surface area (Å²) < 4.78 is 45.0. The third-order valence-corrected chi connectivity index (χ3v) is 6.16. The molecule has 0 saturated heterocycles. The molecule has 1 N–H and O–H groups in total. The second kappa shape index (κ2) is 9.30. The molecule has 1 aliphatic heterocycles. The first-order valence-corrected chi connectivity index (χ1v) is 11.2. The first-order chi connectivity index (χ1) is 14.6. The van der Waals surface area contributed by atoms with Crippen molar-refractivity contribution in [2.24, 2.45) is 0 Å². The third-order valence-electron chi connectivity index (χ3n) is 4.76. The SMILES string of the molecule is O=S(=O)(NCc1ccccc1COCc1ccccc1)c1ccc2c(c1)OCCO2. The first kappa shape index (κ1) is 20.4. The fraction of sp³-hybridized carbons (Fsp3) is 0.217. The number of hydrogen-bond donors (Lipinski definition) is 1. The number of hydrogen-bond acceptors (Lipinski definition) is 5. The van der Waals surface area contributed by atoms with Crippen LogP contribution in [0.25, 0.3) is 0 Å². The molecule has 0 aromatic heterocycles. The van der Waals surface area contributed by atoms with E-state index in [1.807, 2.05) is 54.6 Å². The number of ether oxygens (including phenoxy) is 3. The molecule has 0 radical (unpaired) electrons. The van der Waals surface area contributed by atoms with E-state index in [2.05, 4.69) is 4.72 Å². The maximum absolute atomic E-state index is 12.8. The lowest BCUT2D eigenvalue weighted by atomic mass is 10.1. The number of sulfonamides is 1. The van der Waals surface area contributed by atoms with Gasteiger partial charge in [-0.25, -0.2) is 13.1 Å². The van der Waals surface area contributed by atoms with Crippen molar-refractivity contribution in [3.8, 4) is 11.5 Å². The summed E-state index contributed by atoms with van der Waals surface area (Å²) >= 11 is 0. The highest BCUT2D eigenvalue weighted by Crippen LogP contribution is 2.32. The first-order valence-electron chi connectivity index (χ1n) is 9.69. The lowest BCUT2D eigenvalue weighted by Gasteiger charge is -2.19. The van der Waals surface area contributed by atoms with Crippen LogP contribution in [-0.4, -0.2) is 21.6 Å². The van der Waals surface area contributed by atoms with E-state index in [9.17, 15) is 8.42 Å². The van der Waals surface area contributed by atoms with Gasteiger partial charge in [-0.3, -0.25) is 0 Å². The van der Waals surface area contributed by atoms with Gasteiger partial charge in [0.25, 0.3) is 0 Å². The lowest BCUT2D eigenvalue weighted by Crippen LogP contribution is -2.24. The Bertz CT molecular complexity index is 1100. The molecule has 4 rings (SSSR count). The monoisotopic (exact) mass is 425 g/mol. The van der Waals surface area contributed by atoms with Crippen LogP contribution in [-0.2, 0) is 34.5 Å². The molecule has 0 bridgehead atoms. The topological polar surface area (TPSA) is 73.9 Å². The Balaban J connectivity index is 1.40. The van der Waals surface area contributed by atoms with Gasteiger partial charge in [-0.15, -0.1) is 0 Å². The van der Waals surface area contributed by atoms with Gasteiger partial charge < -0.3 is 14.2 Å². The molecule has 0 amide bonds. The number of benzene rings is 3. The van der Waals surface area contributed by atoms with E-state index in [-0.39, 0.29) is 11.4 Å². The second-order valence-corrected chi connectivity index (χ2v) is 8.64. The molecular weight excluding hydrogens is 402 g/mol. The van der Waals surface area contributed by atoms with Crippen LogP contribution >= 0.6 is 0 Å². The number of nitrogens with one attached hydrogen (secondary N) is 1. The summed E-state index contributed by atoms with van der Waals surface area (Å²) in [7, 11) is -3.70. The number of rotatable bonds is 8. The predicted octanol–water partition coefficient (Wildman–Crippen LogP) is 3.65. The molecular formula is C23H23NO5S. The Morgan fingerprint density at radius 2 is 1.50 bits per heavy atom. The van der Waals surface area contributed by atoms with Crippen LogP contribution in [0.2, 0.25) is 0 Å². The van der Waals surface area contributed by atoms with Crippen LogP contribution in [0.5, 0.6) is 11.5 Å². The maximum atomic E-state index is 12.8. The summed E-state index contributed by atoms with van der Waals surface area (Å²) in [5.41, 5.74) is 2.90. The van der Waals surface area contributed by atoms with Crippen LogP contribution in [0.4, 0.5) is 0 Å². The molecule has 1 aliphatic rings. The minimum atomic E-state index is -3.70. The van der Waals surface area contributed by atoms with Crippen molar-refractivity contribution in [3.05, 3.63) is 89.5 Å². The van der Waals surface area contributed by atoms with Crippen LogP contribution < -0.4 is 14.2 Å².